The molecule has 2 N–H and O–H groups in total. The minimum absolute atomic E-state index is 0.0118. The van der Waals surface area contributed by atoms with Gasteiger partial charge in [0.05, 0.1) is 19.3 Å². The number of nitrogens with one attached hydrogen (secondary N) is 1. The van der Waals surface area contributed by atoms with E-state index < -0.39 is 0 Å². The topological polar surface area (TPSA) is 82.6 Å². The Kier molecular flexibility index (Phi) is 4.92. The van der Waals surface area contributed by atoms with E-state index in [1.807, 2.05) is 0 Å². The van der Waals surface area contributed by atoms with Crippen LogP contribution in [0.25, 0.3) is 0 Å². The van der Waals surface area contributed by atoms with Gasteiger partial charge in [0.15, 0.2) is 5.43 Å². The first-order valence-electron chi connectivity index (χ1n) is 6.83. The fourth-order valence-electron chi connectivity index (χ4n) is 2.36. The molecule has 1 aliphatic rings. The third-order valence-corrected chi connectivity index (χ3v) is 3.46. The molecular weight excluding hydrogens is 260 g/mol. The largest absolute Gasteiger partial charge is 0.394 e. The Balaban J connectivity index is 1.96. The summed E-state index contributed by atoms with van der Waals surface area (Å²) in [5.41, 5.74) is 0.679. The van der Waals surface area contributed by atoms with E-state index in [4.69, 9.17) is 9.84 Å². The summed E-state index contributed by atoms with van der Waals surface area (Å²) in [6.45, 7) is 3.26. The molecule has 0 radical (unpaired) electrons. The predicted molar refractivity (Wildman–Crippen MR) is 73.8 cm³/mol. The first-order valence-corrected chi connectivity index (χ1v) is 6.83. The summed E-state index contributed by atoms with van der Waals surface area (Å²) in [5.74, 6) is -0.230. The van der Waals surface area contributed by atoms with Crippen LogP contribution in [0.5, 0.6) is 0 Å². The number of ether oxygens (including phenoxy) is 1. The molecule has 0 spiro atoms. The number of hydrogen-bond donors (Lipinski definition) is 2. The van der Waals surface area contributed by atoms with Crippen molar-refractivity contribution in [1.29, 1.82) is 0 Å². The molecule has 2 heterocycles. The Morgan fingerprint density at radius 2 is 2.20 bits per heavy atom. The van der Waals surface area contributed by atoms with Crippen LogP contribution in [0.4, 0.5) is 0 Å². The number of hydrogen-bond acceptors (Lipinski definition) is 4. The van der Waals surface area contributed by atoms with Gasteiger partial charge in [-0.2, -0.15) is 0 Å². The van der Waals surface area contributed by atoms with Crippen molar-refractivity contribution in [2.24, 2.45) is 0 Å². The van der Waals surface area contributed by atoms with Gasteiger partial charge in [-0.15, -0.1) is 0 Å². The number of piperidine rings is 1. The summed E-state index contributed by atoms with van der Waals surface area (Å²) < 4.78 is 5.45. The summed E-state index contributed by atoms with van der Waals surface area (Å²) in [6, 6.07) is 1.43. The maximum absolute atomic E-state index is 12.3. The van der Waals surface area contributed by atoms with Crippen molar-refractivity contribution in [3.63, 3.8) is 0 Å². The highest BCUT2D eigenvalue weighted by Crippen LogP contribution is 2.15. The molecular formula is C14H20N2O4. The zero-order chi connectivity index (χ0) is 14.5. The summed E-state index contributed by atoms with van der Waals surface area (Å²) in [4.78, 5) is 28.7. The number of likely N-dealkylation sites (tertiary alicyclic amines) is 1. The van der Waals surface area contributed by atoms with Crippen molar-refractivity contribution >= 4 is 5.91 Å². The Bertz CT molecular complexity index is 518. The quantitative estimate of drug-likeness (QED) is 0.831. The maximum atomic E-state index is 12.3. The lowest BCUT2D eigenvalue weighted by Crippen LogP contribution is -2.42. The molecule has 6 nitrogen and oxygen atoms in total. The van der Waals surface area contributed by atoms with Gasteiger partial charge >= 0.3 is 0 Å². The maximum Gasteiger partial charge on any atom is 0.259 e. The number of aryl methyl sites for hydroxylation is 1. The van der Waals surface area contributed by atoms with Crippen LogP contribution in [0.2, 0.25) is 0 Å². The van der Waals surface area contributed by atoms with Gasteiger partial charge in [-0.25, -0.2) is 0 Å². The predicted octanol–water partition coefficient (Wildman–Crippen LogP) is 0.297. The summed E-state index contributed by atoms with van der Waals surface area (Å²) >= 11 is 0. The zero-order valence-electron chi connectivity index (χ0n) is 11.6. The Hall–Kier alpha value is -1.66. The van der Waals surface area contributed by atoms with Crippen molar-refractivity contribution < 1.29 is 14.6 Å². The normalized spacial score (nSPS) is 16.4. The number of amides is 1. The van der Waals surface area contributed by atoms with Gasteiger partial charge in [0, 0.05) is 31.0 Å². The molecule has 0 atom stereocenters. The van der Waals surface area contributed by atoms with Gasteiger partial charge in [-0.05, 0) is 19.8 Å². The van der Waals surface area contributed by atoms with E-state index in [0.717, 1.165) is 18.5 Å². The summed E-state index contributed by atoms with van der Waals surface area (Å²) in [5, 5.41) is 8.71. The SMILES string of the molecule is Cc1cc(=O)c(C(=O)N2CCC(OCCO)CC2)c[nH]1. The number of H-pyrrole nitrogens is 1. The number of carbonyl (C=O) groups is 1. The average molecular weight is 280 g/mol. The van der Waals surface area contributed by atoms with Crippen LogP contribution in [0.1, 0.15) is 28.9 Å². The molecule has 20 heavy (non-hydrogen) atoms. The van der Waals surface area contributed by atoms with Crippen molar-refractivity contribution in [2.45, 2.75) is 25.9 Å². The Morgan fingerprint density at radius 1 is 1.50 bits per heavy atom. The molecule has 1 aromatic rings. The third kappa shape index (κ3) is 3.46. The number of aliphatic hydroxyl groups is 1. The zero-order valence-corrected chi connectivity index (χ0v) is 11.6. The van der Waals surface area contributed by atoms with Crippen LogP contribution in [0.15, 0.2) is 17.1 Å². The highest BCUT2D eigenvalue weighted by Gasteiger charge is 2.25. The Morgan fingerprint density at radius 3 is 2.80 bits per heavy atom. The smallest absolute Gasteiger partial charge is 0.259 e. The van der Waals surface area contributed by atoms with E-state index in [0.29, 0.717) is 19.7 Å². The van der Waals surface area contributed by atoms with E-state index in [2.05, 4.69) is 4.98 Å². The number of rotatable bonds is 4. The highest BCUT2D eigenvalue weighted by molar-refractivity contribution is 5.93. The lowest BCUT2D eigenvalue weighted by molar-refractivity contribution is -0.00557. The first-order chi connectivity index (χ1) is 9.61. The van der Waals surface area contributed by atoms with Crippen LogP contribution in [-0.2, 0) is 4.74 Å². The van der Waals surface area contributed by atoms with Crippen LogP contribution >= 0.6 is 0 Å². The van der Waals surface area contributed by atoms with Crippen LogP contribution in [0.3, 0.4) is 0 Å². The Labute approximate surface area is 117 Å². The van der Waals surface area contributed by atoms with Crippen molar-refractivity contribution in [3.8, 4) is 0 Å². The molecule has 1 fully saturated rings. The van der Waals surface area contributed by atoms with Gasteiger partial charge in [0.1, 0.15) is 5.56 Å². The molecule has 2 rings (SSSR count). The fourth-order valence-corrected chi connectivity index (χ4v) is 2.36. The third-order valence-electron chi connectivity index (χ3n) is 3.46. The molecule has 0 saturated carbocycles. The second kappa shape index (κ2) is 6.67. The summed E-state index contributed by atoms with van der Waals surface area (Å²) in [6.07, 6.45) is 3.03. The van der Waals surface area contributed by atoms with Crippen LogP contribution in [-0.4, -0.2) is 53.3 Å². The molecule has 6 heteroatoms. The minimum atomic E-state index is -0.245. The monoisotopic (exact) mass is 280 g/mol. The van der Waals surface area contributed by atoms with E-state index in [1.54, 1.807) is 11.8 Å². The molecule has 1 aromatic heterocycles. The minimum Gasteiger partial charge on any atom is -0.394 e. The average Bonchev–Trinajstić information content (AvgIpc) is 2.45. The van der Waals surface area contributed by atoms with Crippen molar-refractivity contribution in [2.75, 3.05) is 26.3 Å². The second-order valence-corrected chi connectivity index (χ2v) is 4.98. The van der Waals surface area contributed by atoms with Gasteiger partial charge < -0.3 is 19.7 Å². The molecule has 0 unspecified atom stereocenters. The van der Waals surface area contributed by atoms with Gasteiger partial charge in [0.2, 0.25) is 0 Å². The number of nitrogens with zero attached hydrogens (tertiary/aromatic N) is 1. The number of aromatic amines is 1. The number of aromatic nitrogens is 1. The number of pyridine rings is 1. The van der Waals surface area contributed by atoms with E-state index in [-0.39, 0.29) is 29.6 Å². The van der Waals surface area contributed by atoms with Crippen LogP contribution < -0.4 is 5.43 Å². The standard InChI is InChI=1S/C14H20N2O4/c1-10-8-13(18)12(9-15-10)14(19)16-4-2-11(3-5-16)20-7-6-17/h8-9,11,17H,2-7H2,1H3,(H,15,18). The van der Waals surface area contributed by atoms with E-state index >= 15 is 0 Å². The lowest BCUT2D eigenvalue weighted by Gasteiger charge is -2.31. The summed E-state index contributed by atoms with van der Waals surface area (Å²) in [7, 11) is 0. The van der Waals surface area contributed by atoms with Gasteiger partial charge in [-0.3, -0.25) is 9.59 Å². The van der Waals surface area contributed by atoms with Gasteiger partial charge in [0.25, 0.3) is 5.91 Å². The van der Waals surface area contributed by atoms with Crippen molar-refractivity contribution in [3.05, 3.63) is 33.7 Å². The highest BCUT2D eigenvalue weighted by atomic mass is 16.5. The molecule has 110 valence electrons. The van der Waals surface area contributed by atoms with E-state index in [9.17, 15) is 9.59 Å². The first kappa shape index (κ1) is 14.7. The van der Waals surface area contributed by atoms with E-state index in [1.165, 1.54) is 12.3 Å². The number of carbonyl (C=O) groups excluding carboxylic acids is 1. The number of aliphatic hydroxyl groups excluding tert-OH is 1. The molecule has 1 aliphatic heterocycles. The fraction of sp³-hybridized carbons (Fsp3) is 0.571. The van der Waals surface area contributed by atoms with Crippen LogP contribution in [0, 0.1) is 6.92 Å². The molecule has 0 aromatic carbocycles. The molecule has 0 aliphatic carbocycles. The molecule has 1 amide bonds. The van der Waals surface area contributed by atoms with Crippen molar-refractivity contribution in [1.82, 2.24) is 9.88 Å². The lowest BCUT2D eigenvalue weighted by atomic mass is 10.1. The molecule has 1 saturated heterocycles. The second-order valence-electron chi connectivity index (χ2n) is 4.98. The molecule has 0 bridgehead atoms. The van der Waals surface area contributed by atoms with Gasteiger partial charge in [-0.1, -0.05) is 0 Å².